The van der Waals surface area contributed by atoms with Crippen molar-refractivity contribution in [2.24, 2.45) is 0 Å². The molecule has 1 heterocycles. The Balaban J connectivity index is 1.30. The van der Waals surface area contributed by atoms with Crippen LogP contribution in [0.15, 0.2) is 60.7 Å². The normalized spacial score (nSPS) is 14.0. The average Bonchev–Trinajstić information content (AvgIpc) is 3.57. The molecule has 6 nitrogen and oxygen atoms in total. The molecular formula is C31H35N3O3. The summed E-state index contributed by atoms with van der Waals surface area (Å²) in [5, 5.41) is 6.82. The number of H-pyrrole nitrogens is 1. The van der Waals surface area contributed by atoms with Crippen LogP contribution in [-0.2, 0) is 16.7 Å². The molecule has 6 heteroatoms. The molecule has 3 aromatic carbocycles. The third-order valence-electron chi connectivity index (χ3n) is 7.43. The number of aromatic amines is 1. The molecule has 0 radical (unpaired) electrons. The Hall–Kier alpha value is -3.80. The van der Waals surface area contributed by atoms with Gasteiger partial charge in [-0.05, 0) is 71.7 Å². The fourth-order valence-electron chi connectivity index (χ4n) is 5.04. The maximum atomic E-state index is 13.5. The van der Waals surface area contributed by atoms with Crippen molar-refractivity contribution in [3.8, 4) is 0 Å². The molecule has 0 unspecified atom stereocenters. The molecule has 0 atom stereocenters. The van der Waals surface area contributed by atoms with Crippen molar-refractivity contribution in [1.29, 1.82) is 0 Å². The van der Waals surface area contributed by atoms with Crippen LogP contribution in [0.25, 0.3) is 21.7 Å². The van der Waals surface area contributed by atoms with Crippen molar-refractivity contribution in [3.63, 3.8) is 0 Å². The summed E-state index contributed by atoms with van der Waals surface area (Å²) in [5.74, 6) is -0.0458. The molecule has 1 saturated carbocycles. The second-order valence-corrected chi connectivity index (χ2v) is 10.3. The molecule has 1 aromatic heterocycles. The molecule has 1 aliphatic rings. The second-order valence-electron chi connectivity index (χ2n) is 10.3. The summed E-state index contributed by atoms with van der Waals surface area (Å²) in [6, 6.07) is 20.8. The Morgan fingerprint density at radius 2 is 1.84 bits per heavy atom. The SMILES string of the molecule is CCCCOC(=O)N(C)CCc1cc2cc(C)c(C(=O)NC3(c4cccc5ccccc45)CC3)cc2[nH]1. The van der Waals surface area contributed by atoms with Gasteiger partial charge >= 0.3 is 6.09 Å². The molecule has 2 amide bonds. The van der Waals surface area contributed by atoms with Gasteiger partial charge in [0.15, 0.2) is 0 Å². The number of carbonyl (C=O) groups excluding carboxylic acids is 2. The Kier molecular flexibility index (Phi) is 6.92. The van der Waals surface area contributed by atoms with Gasteiger partial charge in [0.05, 0.1) is 12.1 Å². The van der Waals surface area contributed by atoms with Gasteiger partial charge in [0, 0.05) is 36.8 Å². The number of hydrogen-bond donors (Lipinski definition) is 2. The van der Waals surface area contributed by atoms with Gasteiger partial charge in [-0.1, -0.05) is 55.8 Å². The van der Waals surface area contributed by atoms with E-state index in [2.05, 4.69) is 65.8 Å². The second kappa shape index (κ2) is 10.3. The van der Waals surface area contributed by atoms with Gasteiger partial charge in [-0.3, -0.25) is 4.79 Å². The lowest BCUT2D eigenvalue weighted by atomic mass is 9.96. The fraction of sp³-hybridized carbons (Fsp3) is 0.355. The van der Waals surface area contributed by atoms with E-state index in [1.54, 1.807) is 11.9 Å². The highest BCUT2D eigenvalue weighted by molar-refractivity contribution is 6.00. The standard InChI is InChI=1S/C31H35N3O3/c1-4-5-17-37-30(36)34(3)16-13-24-19-23-18-21(2)26(20-28(23)32-24)29(35)33-31(14-15-31)27-12-8-10-22-9-6-7-11-25(22)27/h6-12,18-20,32H,4-5,13-17H2,1-3H3,(H,33,35). The molecule has 1 aliphatic carbocycles. The average molecular weight is 498 g/mol. The first-order chi connectivity index (χ1) is 17.9. The van der Waals surface area contributed by atoms with Crippen LogP contribution in [0.3, 0.4) is 0 Å². The Morgan fingerprint density at radius 1 is 1.05 bits per heavy atom. The van der Waals surface area contributed by atoms with Crippen LogP contribution in [0.5, 0.6) is 0 Å². The van der Waals surface area contributed by atoms with Crippen LogP contribution in [0.1, 0.15) is 59.8 Å². The minimum Gasteiger partial charge on any atom is -0.449 e. The molecule has 4 aromatic rings. The quantitative estimate of drug-likeness (QED) is 0.261. The van der Waals surface area contributed by atoms with E-state index in [0.29, 0.717) is 25.1 Å². The molecule has 0 bridgehead atoms. The molecule has 0 aliphatic heterocycles. The number of hydrogen-bond acceptors (Lipinski definition) is 3. The topological polar surface area (TPSA) is 74.4 Å². The molecule has 1 fully saturated rings. The summed E-state index contributed by atoms with van der Waals surface area (Å²) in [4.78, 5) is 30.7. The smallest absolute Gasteiger partial charge is 0.409 e. The number of benzene rings is 3. The van der Waals surface area contributed by atoms with Crippen molar-refractivity contribution >= 4 is 33.7 Å². The van der Waals surface area contributed by atoms with Crippen LogP contribution in [0.4, 0.5) is 4.79 Å². The number of aryl methyl sites for hydroxylation is 1. The minimum absolute atomic E-state index is 0.0458. The number of amides is 2. The summed E-state index contributed by atoms with van der Waals surface area (Å²) in [7, 11) is 1.76. The number of likely N-dealkylation sites (N-methyl/N-ethyl adjacent to an activating group) is 1. The van der Waals surface area contributed by atoms with E-state index in [0.717, 1.165) is 47.8 Å². The van der Waals surface area contributed by atoms with Gasteiger partial charge in [0.25, 0.3) is 5.91 Å². The number of ether oxygens (including phenoxy) is 1. The number of nitrogens with one attached hydrogen (secondary N) is 2. The predicted octanol–water partition coefficient (Wildman–Crippen LogP) is 6.46. The number of unbranched alkanes of at least 4 members (excludes halogenated alkanes) is 1. The maximum Gasteiger partial charge on any atom is 0.409 e. The van der Waals surface area contributed by atoms with Gasteiger partial charge in [-0.25, -0.2) is 4.79 Å². The fourth-order valence-corrected chi connectivity index (χ4v) is 5.04. The molecule has 5 rings (SSSR count). The van der Waals surface area contributed by atoms with Crippen LogP contribution >= 0.6 is 0 Å². The summed E-state index contributed by atoms with van der Waals surface area (Å²) < 4.78 is 5.28. The van der Waals surface area contributed by atoms with Gasteiger partial charge < -0.3 is 19.9 Å². The van der Waals surface area contributed by atoms with Gasteiger partial charge in [0.2, 0.25) is 0 Å². The Morgan fingerprint density at radius 3 is 2.62 bits per heavy atom. The first kappa shape index (κ1) is 24.9. The molecule has 37 heavy (non-hydrogen) atoms. The number of aromatic nitrogens is 1. The zero-order valence-electron chi connectivity index (χ0n) is 21.9. The van der Waals surface area contributed by atoms with Crippen molar-refractivity contribution in [2.45, 2.75) is 51.5 Å². The molecule has 0 saturated heterocycles. The molecule has 192 valence electrons. The summed E-state index contributed by atoms with van der Waals surface area (Å²) >= 11 is 0. The zero-order chi connectivity index (χ0) is 26.0. The van der Waals surface area contributed by atoms with Crippen molar-refractivity contribution in [3.05, 3.63) is 83.0 Å². The Labute approximate surface area is 218 Å². The number of rotatable bonds is 9. The van der Waals surface area contributed by atoms with E-state index in [4.69, 9.17) is 4.74 Å². The summed E-state index contributed by atoms with van der Waals surface area (Å²) in [6.45, 7) is 5.06. The monoisotopic (exact) mass is 497 g/mol. The van der Waals surface area contributed by atoms with E-state index in [1.807, 2.05) is 19.1 Å². The van der Waals surface area contributed by atoms with Crippen molar-refractivity contribution in [2.75, 3.05) is 20.2 Å². The molecule has 2 N–H and O–H groups in total. The molecule has 0 spiro atoms. The summed E-state index contributed by atoms with van der Waals surface area (Å²) in [5.41, 5.74) is 4.46. The lowest BCUT2D eigenvalue weighted by Crippen LogP contribution is -2.35. The lowest BCUT2D eigenvalue weighted by Gasteiger charge is -2.21. The van der Waals surface area contributed by atoms with E-state index in [-0.39, 0.29) is 17.5 Å². The highest BCUT2D eigenvalue weighted by Crippen LogP contribution is 2.48. The zero-order valence-corrected chi connectivity index (χ0v) is 21.9. The third-order valence-corrected chi connectivity index (χ3v) is 7.43. The van der Waals surface area contributed by atoms with Crippen LogP contribution in [-0.4, -0.2) is 42.1 Å². The van der Waals surface area contributed by atoms with E-state index in [9.17, 15) is 9.59 Å². The van der Waals surface area contributed by atoms with E-state index in [1.165, 1.54) is 16.3 Å². The highest BCUT2D eigenvalue weighted by Gasteiger charge is 2.46. The number of fused-ring (bicyclic) bond motifs is 2. The predicted molar refractivity (Wildman–Crippen MR) is 148 cm³/mol. The van der Waals surface area contributed by atoms with Crippen LogP contribution in [0, 0.1) is 6.92 Å². The van der Waals surface area contributed by atoms with Crippen molar-refractivity contribution in [1.82, 2.24) is 15.2 Å². The van der Waals surface area contributed by atoms with Gasteiger partial charge in [-0.15, -0.1) is 0 Å². The minimum atomic E-state index is -0.309. The highest BCUT2D eigenvalue weighted by atomic mass is 16.6. The van der Waals surface area contributed by atoms with Gasteiger partial charge in [0.1, 0.15) is 0 Å². The first-order valence-corrected chi connectivity index (χ1v) is 13.2. The number of nitrogens with zero attached hydrogens (tertiary/aromatic N) is 1. The van der Waals surface area contributed by atoms with E-state index >= 15 is 0 Å². The van der Waals surface area contributed by atoms with Crippen molar-refractivity contribution < 1.29 is 14.3 Å². The van der Waals surface area contributed by atoms with E-state index < -0.39 is 0 Å². The largest absolute Gasteiger partial charge is 0.449 e. The van der Waals surface area contributed by atoms with Gasteiger partial charge in [-0.2, -0.15) is 0 Å². The maximum absolute atomic E-state index is 13.5. The third kappa shape index (κ3) is 5.19. The number of carbonyl (C=O) groups is 2. The lowest BCUT2D eigenvalue weighted by molar-refractivity contribution is 0.0930. The molecular weight excluding hydrogens is 462 g/mol. The summed E-state index contributed by atoms with van der Waals surface area (Å²) in [6.07, 6.45) is 4.14. The first-order valence-electron chi connectivity index (χ1n) is 13.2. The van der Waals surface area contributed by atoms with Crippen LogP contribution < -0.4 is 5.32 Å². The van der Waals surface area contributed by atoms with Crippen LogP contribution in [0.2, 0.25) is 0 Å². The Bertz CT molecular complexity index is 1450.